The van der Waals surface area contributed by atoms with Crippen molar-refractivity contribution in [2.45, 2.75) is 19.0 Å². The molecule has 5 rings (SSSR count). The maximum absolute atomic E-state index is 14.9. The Morgan fingerprint density at radius 1 is 1.27 bits per heavy atom. The Hall–Kier alpha value is -3.26. The maximum atomic E-state index is 14.9. The first-order chi connectivity index (χ1) is 14.5. The summed E-state index contributed by atoms with van der Waals surface area (Å²) in [5.41, 5.74) is 0.295. The molecule has 0 amide bonds. The molecule has 0 saturated carbocycles. The highest BCUT2D eigenvalue weighted by atomic mass is 19.1. The average molecular weight is 408 g/mol. The highest BCUT2D eigenvalue weighted by Crippen LogP contribution is 2.35. The van der Waals surface area contributed by atoms with E-state index in [9.17, 15) is 14.0 Å². The number of aromatic amines is 1. The molecule has 7 nitrogen and oxygen atoms in total. The zero-order chi connectivity index (χ0) is 20.8. The van der Waals surface area contributed by atoms with Crippen LogP contribution in [0.4, 0.5) is 10.2 Å². The lowest BCUT2D eigenvalue weighted by molar-refractivity contribution is 0.0695. The highest BCUT2D eigenvalue weighted by Gasteiger charge is 2.42. The molecule has 3 aromatic rings. The van der Waals surface area contributed by atoms with Gasteiger partial charge in [-0.3, -0.25) is 9.69 Å². The van der Waals surface area contributed by atoms with E-state index in [2.05, 4.69) is 27.0 Å². The van der Waals surface area contributed by atoms with Gasteiger partial charge in [-0.25, -0.2) is 14.2 Å². The van der Waals surface area contributed by atoms with Gasteiger partial charge in [0.1, 0.15) is 11.2 Å². The molecule has 30 heavy (non-hydrogen) atoms. The lowest BCUT2D eigenvalue weighted by Gasteiger charge is -2.25. The van der Waals surface area contributed by atoms with Crippen molar-refractivity contribution in [2.24, 2.45) is 5.92 Å². The molecule has 154 valence electrons. The van der Waals surface area contributed by atoms with Crippen LogP contribution in [0.25, 0.3) is 11.0 Å². The number of hydrogen-bond acceptors (Lipinski definition) is 5. The van der Waals surface area contributed by atoms with Gasteiger partial charge in [0, 0.05) is 31.9 Å². The van der Waals surface area contributed by atoms with E-state index in [-0.39, 0.29) is 16.9 Å². The molecule has 0 unspecified atom stereocenters. The lowest BCUT2D eigenvalue weighted by atomic mass is 10.0. The maximum Gasteiger partial charge on any atom is 0.341 e. The number of aromatic carboxylic acids is 1. The van der Waals surface area contributed by atoms with Crippen molar-refractivity contribution >= 4 is 22.8 Å². The Kier molecular flexibility index (Phi) is 4.51. The topological polar surface area (TPSA) is 89.5 Å². The Balaban J connectivity index is 1.41. The first-order valence-electron chi connectivity index (χ1n) is 9.99. The molecular formula is C22H21FN4O3. The summed E-state index contributed by atoms with van der Waals surface area (Å²) in [6.45, 7) is 3.28. The minimum absolute atomic E-state index is 0.0544. The number of rotatable bonds is 4. The number of carbonyl (C=O) groups is 1. The SMILES string of the molecule is O=C(O)c1c[nH]c2nc(N3C[C@@H]4CCN(Cc5ccccc5)[C@@H]4C3)c(F)cc2c1=O. The van der Waals surface area contributed by atoms with Crippen LogP contribution >= 0.6 is 0 Å². The molecule has 2 aromatic heterocycles. The number of pyridine rings is 2. The fraction of sp³-hybridized carbons (Fsp3) is 0.318. The van der Waals surface area contributed by atoms with Gasteiger partial charge in [-0.15, -0.1) is 0 Å². The van der Waals surface area contributed by atoms with E-state index in [0.717, 1.165) is 31.8 Å². The largest absolute Gasteiger partial charge is 0.477 e. The number of halogens is 1. The van der Waals surface area contributed by atoms with E-state index in [1.54, 1.807) is 0 Å². The summed E-state index contributed by atoms with van der Waals surface area (Å²) >= 11 is 0. The molecule has 0 spiro atoms. The normalized spacial score (nSPS) is 21.3. The summed E-state index contributed by atoms with van der Waals surface area (Å²) in [6.07, 6.45) is 2.17. The molecule has 8 heteroatoms. The van der Waals surface area contributed by atoms with Crippen LogP contribution in [0, 0.1) is 11.7 Å². The van der Waals surface area contributed by atoms with Gasteiger partial charge < -0.3 is 15.0 Å². The molecule has 2 saturated heterocycles. The fourth-order valence-corrected chi connectivity index (χ4v) is 4.73. The van der Waals surface area contributed by atoms with Crippen LogP contribution in [0.5, 0.6) is 0 Å². The minimum Gasteiger partial charge on any atom is -0.477 e. The number of anilines is 1. The van der Waals surface area contributed by atoms with Gasteiger partial charge in [0.25, 0.3) is 0 Å². The summed E-state index contributed by atoms with van der Waals surface area (Å²) < 4.78 is 14.9. The Labute approximate surface area is 171 Å². The van der Waals surface area contributed by atoms with Crippen LogP contribution in [0.2, 0.25) is 0 Å². The van der Waals surface area contributed by atoms with Crippen LogP contribution in [0.15, 0.2) is 47.4 Å². The molecular weight excluding hydrogens is 387 g/mol. The third kappa shape index (κ3) is 3.13. The quantitative estimate of drug-likeness (QED) is 0.690. The molecule has 0 aliphatic carbocycles. The lowest BCUT2D eigenvalue weighted by Crippen LogP contribution is -2.35. The van der Waals surface area contributed by atoms with E-state index in [0.29, 0.717) is 25.0 Å². The fourth-order valence-electron chi connectivity index (χ4n) is 4.73. The molecule has 2 N–H and O–H groups in total. The van der Waals surface area contributed by atoms with Gasteiger partial charge in [0.15, 0.2) is 11.6 Å². The number of hydrogen-bond donors (Lipinski definition) is 2. The molecule has 0 bridgehead atoms. The first-order valence-corrected chi connectivity index (χ1v) is 9.99. The molecule has 2 atom stereocenters. The van der Waals surface area contributed by atoms with Crippen LogP contribution in [-0.2, 0) is 6.54 Å². The number of carboxylic acid groups (broad SMARTS) is 1. The summed E-state index contributed by atoms with van der Waals surface area (Å²) in [5.74, 6) is -1.31. The van der Waals surface area contributed by atoms with Crippen molar-refractivity contribution in [3.8, 4) is 0 Å². The first kappa shape index (κ1) is 18.7. The number of nitrogens with zero attached hydrogens (tertiary/aromatic N) is 3. The monoisotopic (exact) mass is 408 g/mol. The molecule has 2 aliphatic heterocycles. The van der Waals surface area contributed by atoms with Crippen LogP contribution < -0.4 is 10.3 Å². The predicted octanol–water partition coefficient (Wildman–Crippen LogP) is 2.47. The van der Waals surface area contributed by atoms with Gasteiger partial charge in [-0.1, -0.05) is 30.3 Å². The second-order valence-corrected chi connectivity index (χ2v) is 8.00. The zero-order valence-electron chi connectivity index (χ0n) is 16.2. The number of likely N-dealkylation sites (tertiary alicyclic amines) is 1. The third-order valence-electron chi connectivity index (χ3n) is 6.22. The van der Waals surface area contributed by atoms with Gasteiger partial charge in [-0.2, -0.15) is 0 Å². The molecule has 0 radical (unpaired) electrons. The third-order valence-corrected chi connectivity index (χ3v) is 6.22. The number of fused-ring (bicyclic) bond motifs is 2. The highest BCUT2D eigenvalue weighted by molar-refractivity contribution is 5.91. The number of H-pyrrole nitrogens is 1. The summed E-state index contributed by atoms with van der Waals surface area (Å²) in [5, 5.41) is 9.04. The standard InChI is InChI=1S/C22H21FN4O3/c23-17-8-15-19(28)16(22(29)30)9-24-20(15)25-21(17)27-11-14-6-7-26(18(14)12-27)10-13-4-2-1-3-5-13/h1-5,8-9,14,18H,6-7,10-12H2,(H,29,30)(H,24,25,28)/t14-,18+/m0/s1. The van der Waals surface area contributed by atoms with Crippen molar-refractivity contribution in [2.75, 3.05) is 24.5 Å². The van der Waals surface area contributed by atoms with Crippen LogP contribution in [-0.4, -0.2) is 51.6 Å². The molecule has 2 aliphatic rings. The van der Waals surface area contributed by atoms with Gasteiger partial charge in [0.05, 0.1) is 5.39 Å². The van der Waals surface area contributed by atoms with Crippen molar-refractivity contribution in [3.05, 3.63) is 69.8 Å². The average Bonchev–Trinajstić information content (AvgIpc) is 3.31. The Morgan fingerprint density at radius 2 is 2.07 bits per heavy atom. The van der Waals surface area contributed by atoms with E-state index in [1.807, 2.05) is 23.1 Å². The van der Waals surface area contributed by atoms with E-state index in [4.69, 9.17) is 5.11 Å². The smallest absolute Gasteiger partial charge is 0.341 e. The second-order valence-electron chi connectivity index (χ2n) is 8.00. The summed E-state index contributed by atoms with van der Waals surface area (Å²) in [4.78, 5) is 34.9. The van der Waals surface area contributed by atoms with E-state index in [1.165, 1.54) is 5.56 Å². The van der Waals surface area contributed by atoms with Gasteiger partial charge >= 0.3 is 5.97 Å². The van der Waals surface area contributed by atoms with E-state index >= 15 is 0 Å². The van der Waals surface area contributed by atoms with Gasteiger partial charge in [0.2, 0.25) is 5.43 Å². The van der Waals surface area contributed by atoms with Crippen molar-refractivity contribution in [3.63, 3.8) is 0 Å². The number of nitrogens with one attached hydrogen (secondary N) is 1. The Morgan fingerprint density at radius 3 is 2.83 bits per heavy atom. The number of benzene rings is 1. The predicted molar refractivity (Wildman–Crippen MR) is 110 cm³/mol. The second kappa shape index (κ2) is 7.21. The van der Waals surface area contributed by atoms with E-state index < -0.39 is 22.8 Å². The number of aromatic nitrogens is 2. The van der Waals surface area contributed by atoms with Gasteiger partial charge in [-0.05, 0) is 30.5 Å². The van der Waals surface area contributed by atoms with Crippen molar-refractivity contribution in [1.29, 1.82) is 0 Å². The minimum atomic E-state index is -1.35. The van der Waals surface area contributed by atoms with Crippen molar-refractivity contribution in [1.82, 2.24) is 14.9 Å². The molecule has 4 heterocycles. The van der Waals surface area contributed by atoms with Crippen LogP contribution in [0.1, 0.15) is 22.3 Å². The molecule has 1 aromatic carbocycles. The summed E-state index contributed by atoms with van der Waals surface area (Å²) in [6, 6.07) is 11.7. The molecule has 2 fully saturated rings. The summed E-state index contributed by atoms with van der Waals surface area (Å²) in [7, 11) is 0. The Bertz CT molecular complexity index is 1180. The number of carboxylic acids is 1. The van der Waals surface area contributed by atoms with Crippen LogP contribution in [0.3, 0.4) is 0 Å². The zero-order valence-corrected chi connectivity index (χ0v) is 16.2. The van der Waals surface area contributed by atoms with Crippen molar-refractivity contribution < 1.29 is 14.3 Å².